The molecule has 2 aliphatic rings. The fraction of sp³-hybridized carbons (Fsp3) is 0.579. The van der Waals surface area contributed by atoms with E-state index in [2.05, 4.69) is 24.4 Å². The number of hydrogen-bond acceptors (Lipinski definition) is 3. The van der Waals surface area contributed by atoms with Crippen molar-refractivity contribution in [1.82, 2.24) is 5.32 Å². The number of carbonyl (C=O) groups is 2. The Morgan fingerprint density at radius 2 is 2.12 bits per heavy atom. The number of carbonyl (C=O) groups excluding carboxylic acids is 2. The summed E-state index contributed by atoms with van der Waals surface area (Å²) >= 11 is 0. The molecule has 5 nitrogen and oxygen atoms in total. The zero-order valence-corrected chi connectivity index (χ0v) is 14.3. The Balaban J connectivity index is 1.55. The molecule has 0 aliphatic carbocycles. The molecular weight excluding hydrogens is 304 g/mol. The highest BCUT2D eigenvalue weighted by Crippen LogP contribution is 2.26. The standard InChI is InChI=1S/C19H26N2O3/c1-2-4-14-6-8-16(9-7-14)21-13-15(11-18(21)22)19(23)20-12-17-5-3-10-24-17/h6-9,15,17H,2-5,10-13H2,1H3,(H,20,23)/t15-,17-/m1/s1. The summed E-state index contributed by atoms with van der Waals surface area (Å²) in [6.45, 7) is 3.94. The van der Waals surface area contributed by atoms with E-state index in [-0.39, 0.29) is 30.3 Å². The number of benzene rings is 1. The van der Waals surface area contributed by atoms with Crippen LogP contribution in [0.3, 0.4) is 0 Å². The first-order chi connectivity index (χ1) is 11.7. The highest BCUT2D eigenvalue weighted by Gasteiger charge is 2.35. The van der Waals surface area contributed by atoms with Crippen molar-refractivity contribution >= 4 is 17.5 Å². The molecule has 0 saturated carbocycles. The van der Waals surface area contributed by atoms with E-state index in [9.17, 15) is 9.59 Å². The van der Waals surface area contributed by atoms with E-state index in [1.165, 1.54) is 5.56 Å². The first-order valence-corrected chi connectivity index (χ1v) is 8.96. The molecule has 1 aromatic carbocycles. The summed E-state index contributed by atoms with van der Waals surface area (Å²) in [5.41, 5.74) is 2.16. The number of rotatable bonds is 6. The fourth-order valence-electron chi connectivity index (χ4n) is 3.43. The van der Waals surface area contributed by atoms with Crippen molar-refractivity contribution in [2.45, 2.75) is 45.1 Å². The molecule has 0 aromatic heterocycles. The van der Waals surface area contributed by atoms with Gasteiger partial charge in [-0.3, -0.25) is 9.59 Å². The zero-order valence-electron chi connectivity index (χ0n) is 14.3. The van der Waals surface area contributed by atoms with Gasteiger partial charge in [0.1, 0.15) is 0 Å². The van der Waals surface area contributed by atoms with Crippen LogP contribution in [0.1, 0.15) is 38.2 Å². The second-order valence-electron chi connectivity index (χ2n) is 6.70. The minimum Gasteiger partial charge on any atom is -0.376 e. The quantitative estimate of drug-likeness (QED) is 0.870. The minimum atomic E-state index is -0.269. The van der Waals surface area contributed by atoms with E-state index in [0.29, 0.717) is 13.1 Å². The highest BCUT2D eigenvalue weighted by molar-refractivity contribution is 6.00. The average molecular weight is 330 g/mol. The van der Waals surface area contributed by atoms with Crippen LogP contribution in [-0.2, 0) is 20.7 Å². The maximum Gasteiger partial charge on any atom is 0.227 e. The molecule has 0 radical (unpaired) electrons. The van der Waals surface area contributed by atoms with E-state index in [4.69, 9.17) is 4.74 Å². The van der Waals surface area contributed by atoms with Crippen molar-refractivity contribution in [2.24, 2.45) is 5.92 Å². The normalized spacial score (nSPS) is 23.7. The molecule has 2 aliphatic heterocycles. The highest BCUT2D eigenvalue weighted by atomic mass is 16.5. The average Bonchev–Trinajstić information content (AvgIpc) is 3.23. The van der Waals surface area contributed by atoms with Crippen LogP contribution in [0.5, 0.6) is 0 Å². The molecule has 2 heterocycles. The molecule has 2 fully saturated rings. The third kappa shape index (κ3) is 3.96. The van der Waals surface area contributed by atoms with Gasteiger partial charge < -0.3 is 15.0 Å². The first kappa shape index (κ1) is 17.0. The maximum absolute atomic E-state index is 12.3. The monoisotopic (exact) mass is 330 g/mol. The van der Waals surface area contributed by atoms with Crippen LogP contribution in [0, 0.1) is 5.92 Å². The number of hydrogen-bond donors (Lipinski definition) is 1. The summed E-state index contributed by atoms with van der Waals surface area (Å²) in [5, 5.41) is 2.94. The predicted molar refractivity (Wildman–Crippen MR) is 92.9 cm³/mol. The smallest absolute Gasteiger partial charge is 0.227 e. The Hall–Kier alpha value is -1.88. The van der Waals surface area contributed by atoms with Gasteiger partial charge in [0.25, 0.3) is 0 Å². The van der Waals surface area contributed by atoms with Gasteiger partial charge in [0.05, 0.1) is 12.0 Å². The van der Waals surface area contributed by atoms with Crippen molar-refractivity contribution in [3.05, 3.63) is 29.8 Å². The topological polar surface area (TPSA) is 58.6 Å². The molecule has 5 heteroatoms. The van der Waals surface area contributed by atoms with Crippen molar-refractivity contribution in [3.63, 3.8) is 0 Å². The van der Waals surface area contributed by atoms with E-state index in [0.717, 1.165) is 38.0 Å². The SMILES string of the molecule is CCCc1ccc(N2C[C@H](C(=O)NC[C@H]3CCCO3)CC2=O)cc1. The molecule has 130 valence electrons. The third-order valence-electron chi connectivity index (χ3n) is 4.81. The summed E-state index contributed by atoms with van der Waals surface area (Å²) in [4.78, 5) is 26.3. The summed E-state index contributed by atoms with van der Waals surface area (Å²) in [5.74, 6) is -0.284. The Labute approximate surface area is 143 Å². The molecule has 0 spiro atoms. The number of nitrogens with one attached hydrogen (secondary N) is 1. The molecule has 0 bridgehead atoms. The van der Waals surface area contributed by atoms with Gasteiger partial charge in [0.15, 0.2) is 0 Å². The van der Waals surface area contributed by atoms with Gasteiger partial charge in [-0.1, -0.05) is 25.5 Å². The van der Waals surface area contributed by atoms with Crippen molar-refractivity contribution < 1.29 is 14.3 Å². The minimum absolute atomic E-state index is 0.0236. The van der Waals surface area contributed by atoms with Crippen LogP contribution in [0.2, 0.25) is 0 Å². The lowest BCUT2D eigenvalue weighted by Gasteiger charge is -2.17. The van der Waals surface area contributed by atoms with Crippen LogP contribution in [0.4, 0.5) is 5.69 Å². The van der Waals surface area contributed by atoms with Gasteiger partial charge in [-0.15, -0.1) is 0 Å². The van der Waals surface area contributed by atoms with Crippen LogP contribution < -0.4 is 10.2 Å². The lowest BCUT2D eigenvalue weighted by molar-refractivity contribution is -0.126. The lowest BCUT2D eigenvalue weighted by Crippen LogP contribution is -2.37. The van der Waals surface area contributed by atoms with Gasteiger partial charge in [-0.2, -0.15) is 0 Å². The second-order valence-corrected chi connectivity index (χ2v) is 6.70. The molecule has 1 aromatic rings. The summed E-state index contributed by atoms with van der Waals surface area (Å²) in [6.07, 6.45) is 4.63. The first-order valence-electron chi connectivity index (χ1n) is 8.96. The van der Waals surface area contributed by atoms with Crippen LogP contribution >= 0.6 is 0 Å². The number of aryl methyl sites for hydroxylation is 1. The largest absolute Gasteiger partial charge is 0.376 e. The van der Waals surface area contributed by atoms with E-state index in [1.54, 1.807) is 4.90 Å². The van der Waals surface area contributed by atoms with Gasteiger partial charge in [0, 0.05) is 31.8 Å². The van der Waals surface area contributed by atoms with Gasteiger partial charge >= 0.3 is 0 Å². The fourth-order valence-corrected chi connectivity index (χ4v) is 3.43. The summed E-state index contributed by atoms with van der Waals surface area (Å²) in [6, 6.07) is 8.10. The van der Waals surface area contributed by atoms with Gasteiger partial charge in [-0.25, -0.2) is 0 Å². The molecule has 2 saturated heterocycles. The van der Waals surface area contributed by atoms with Crippen molar-refractivity contribution in [1.29, 1.82) is 0 Å². The zero-order chi connectivity index (χ0) is 16.9. The number of nitrogens with zero attached hydrogens (tertiary/aromatic N) is 1. The Morgan fingerprint density at radius 1 is 1.33 bits per heavy atom. The maximum atomic E-state index is 12.3. The van der Waals surface area contributed by atoms with E-state index < -0.39 is 0 Å². The number of amides is 2. The predicted octanol–water partition coefficient (Wildman–Crippen LogP) is 2.29. The number of ether oxygens (including phenoxy) is 1. The Kier molecular flexibility index (Phi) is 5.51. The van der Waals surface area contributed by atoms with Crippen LogP contribution in [-0.4, -0.2) is 37.6 Å². The van der Waals surface area contributed by atoms with Gasteiger partial charge in [-0.05, 0) is 37.0 Å². The molecule has 2 amide bonds. The van der Waals surface area contributed by atoms with Crippen molar-refractivity contribution in [3.8, 4) is 0 Å². The number of anilines is 1. The summed E-state index contributed by atoms with van der Waals surface area (Å²) < 4.78 is 5.52. The molecule has 0 unspecified atom stereocenters. The lowest BCUT2D eigenvalue weighted by atomic mass is 10.1. The van der Waals surface area contributed by atoms with E-state index >= 15 is 0 Å². The van der Waals surface area contributed by atoms with Crippen LogP contribution in [0.25, 0.3) is 0 Å². The Bertz CT molecular complexity index is 579. The van der Waals surface area contributed by atoms with Gasteiger partial charge in [0.2, 0.25) is 11.8 Å². The molecular formula is C19H26N2O3. The molecule has 1 N–H and O–H groups in total. The summed E-state index contributed by atoms with van der Waals surface area (Å²) in [7, 11) is 0. The molecule has 3 rings (SSSR count). The second kappa shape index (κ2) is 7.79. The third-order valence-corrected chi connectivity index (χ3v) is 4.81. The Morgan fingerprint density at radius 3 is 2.79 bits per heavy atom. The molecule has 24 heavy (non-hydrogen) atoms. The molecule has 2 atom stereocenters. The van der Waals surface area contributed by atoms with Crippen LogP contribution in [0.15, 0.2) is 24.3 Å². The van der Waals surface area contributed by atoms with E-state index in [1.807, 2.05) is 12.1 Å². The van der Waals surface area contributed by atoms with Crippen molar-refractivity contribution in [2.75, 3.05) is 24.6 Å².